The predicted octanol–water partition coefficient (Wildman–Crippen LogP) is 3.86. The quantitative estimate of drug-likeness (QED) is 0.745. The normalized spacial score (nSPS) is 11.2. The third-order valence-electron chi connectivity index (χ3n) is 3.35. The van der Waals surface area contributed by atoms with Crippen LogP contribution in [-0.4, -0.2) is 11.1 Å². The molecule has 0 saturated heterocycles. The molecule has 0 aliphatic carbocycles. The lowest BCUT2D eigenvalue weighted by Crippen LogP contribution is -2.15. The van der Waals surface area contributed by atoms with Crippen molar-refractivity contribution >= 4 is 22.2 Å². The number of benzene rings is 1. The maximum atomic E-state index is 3.43. The molecule has 0 radical (unpaired) electrons. The summed E-state index contributed by atoms with van der Waals surface area (Å²) < 4.78 is 2.42. The predicted molar refractivity (Wildman–Crippen MR) is 82.7 cm³/mol. The molecule has 19 heavy (non-hydrogen) atoms. The summed E-state index contributed by atoms with van der Waals surface area (Å²) in [5.41, 5.74) is 2.68. The van der Waals surface area contributed by atoms with Gasteiger partial charge < -0.3 is 9.88 Å². The number of fused-ring (bicyclic) bond motifs is 1. The van der Waals surface area contributed by atoms with Crippen molar-refractivity contribution in [1.29, 1.82) is 0 Å². The van der Waals surface area contributed by atoms with Gasteiger partial charge in [0, 0.05) is 22.6 Å². The summed E-state index contributed by atoms with van der Waals surface area (Å²) in [5.74, 6) is 0. The molecule has 0 amide bonds. The topological polar surface area (TPSA) is 17.0 Å². The summed E-state index contributed by atoms with van der Waals surface area (Å²) in [6, 6.07) is 15.2. The first kappa shape index (κ1) is 12.5. The van der Waals surface area contributed by atoms with Gasteiger partial charge in [0.15, 0.2) is 0 Å². The fourth-order valence-corrected chi connectivity index (χ4v) is 3.10. The average molecular weight is 270 g/mol. The van der Waals surface area contributed by atoms with Crippen LogP contribution >= 0.6 is 11.3 Å². The van der Waals surface area contributed by atoms with E-state index in [2.05, 4.69) is 64.7 Å². The number of rotatable bonds is 5. The first-order chi connectivity index (χ1) is 9.38. The second kappa shape index (κ2) is 5.59. The van der Waals surface area contributed by atoms with E-state index in [4.69, 9.17) is 0 Å². The van der Waals surface area contributed by atoms with Crippen molar-refractivity contribution in [2.45, 2.75) is 20.0 Å². The van der Waals surface area contributed by atoms with Gasteiger partial charge >= 0.3 is 0 Å². The summed E-state index contributed by atoms with van der Waals surface area (Å²) in [5, 5.41) is 6.90. The largest absolute Gasteiger partial charge is 0.338 e. The van der Waals surface area contributed by atoms with Crippen LogP contribution in [0.3, 0.4) is 0 Å². The Morgan fingerprint density at radius 3 is 2.84 bits per heavy atom. The lowest BCUT2D eigenvalue weighted by atomic mass is 10.2. The summed E-state index contributed by atoms with van der Waals surface area (Å²) in [4.78, 5) is 1.40. The minimum Gasteiger partial charge on any atom is -0.338 e. The minimum absolute atomic E-state index is 0.927. The van der Waals surface area contributed by atoms with Gasteiger partial charge in [0.1, 0.15) is 0 Å². The number of thiophene rings is 1. The lowest BCUT2D eigenvalue weighted by molar-refractivity contribution is 0.669. The molecule has 0 spiro atoms. The van der Waals surface area contributed by atoms with Gasteiger partial charge in [-0.15, -0.1) is 11.3 Å². The smallest absolute Gasteiger partial charge is 0.0572 e. The van der Waals surface area contributed by atoms with Crippen LogP contribution in [0.15, 0.2) is 47.8 Å². The van der Waals surface area contributed by atoms with E-state index in [0.717, 1.165) is 19.6 Å². The Hall–Kier alpha value is -1.58. The van der Waals surface area contributed by atoms with Crippen LogP contribution in [0.5, 0.6) is 0 Å². The first-order valence-corrected chi connectivity index (χ1v) is 7.56. The van der Waals surface area contributed by atoms with E-state index >= 15 is 0 Å². The summed E-state index contributed by atoms with van der Waals surface area (Å²) in [6.45, 7) is 5.04. The Morgan fingerprint density at radius 2 is 2.05 bits per heavy atom. The molecule has 3 rings (SSSR count). The van der Waals surface area contributed by atoms with Crippen LogP contribution in [0, 0.1) is 0 Å². The molecule has 0 bridgehead atoms. The molecular formula is C16H18N2S. The van der Waals surface area contributed by atoms with Crippen molar-refractivity contribution < 1.29 is 0 Å². The van der Waals surface area contributed by atoms with Crippen molar-refractivity contribution in [2.24, 2.45) is 0 Å². The van der Waals surface area contributed by atoms with E-state index in [-0.39, 0.29) is 0 Å². The number of aromatic nitrogens is 1. The molecule has 3 heteroatoms. The highest BCUT2D eigenvalue weighted by Crippen LogP contribution is 2.22. The Balaban J connectivity index is 2.02. The SMILES string of the molecule is CCNCc1cc2ccccc2n1Cc1cccs1. The van der Waals surface area contributed by atoms with Gasteiger partial charge in [-0.3, -0.25) is 0 Å². The fourth-order valence-electron chi connectivity index (χ4n) is 2.41. The van der Waals surface area contributed by atoms with Crippen molar-refractivity contribution in [2.75, 3.05) is 6.54 Å². The van der Waals surface area contributed by atoms with Crippen LogP contribution in [0.4, 0.5) is 0 Å². The number of hydrogen-bond donors (Lipinski definition) is 1. The van der Waals surface area contributed by atoms with Crippen LogP contribution < -0.4 is 5.32 Å². The van der Waals surface area contributed by atoms with Crippen LogP contribution in [0.25, 0.3) is 10.9 Å². The average Bonchev–Trinajstić information content (AvgIpc) is 3.06. The van der Waals surface area contributed by atoms with E-state index in [1.54, 1.807) is 0 Å². The zero-order chi connectivity index (χ0) is 13.1. The van der Waals surface area contributed by atoms with Gasteiger partial charge in [-0.05, 0) is 35.5 Å². The molecule has 0 aliphatic heterocycles. The van der Waals surface area contributed by atoms with E-state index in [1.165, 1.54) is 21.5 Å². The highest BCUT2D eigenvalue weighted by Gasteiger charge is 2.08. The zero-order valence-corrected chi connectivity index (χ0v) is 11.9. The highest BCUT2D eigenvalue weighted by atomic mass is 32.1. The van der Waals surface area contributed by atoms with Crippen LogP contribution in [0.1, 0.15) is 17.5 Å². The monoisotopic (exact) mass is 270 g/mol. The molecule has 0 saturated carbocycles. The van der Waals surface area contributed by atoms with Crippen molar-refractivity contribution in [3.63, 3.8) is 0 Å². The van der Waals surface area contributed by atoms with E-state index < -0.39 is 0 Å². The lowest BCUT2D eigenvalue weighted by Gasteiger charge is -2.10. The molecule has 0 unspecified atom stereocenters. The molecule has 2 aromatic heterocycles. The van der Waals surface area contributed by atoms with Crippen molar-refractivity contribution in [3.8, 4) is 0 Å². The molecule has 3 aromatic rings. The van der Waals surface area contributed by atoms with Gasteiger partial charge in [0.05, 0.1) is 6.54 Å². The third-order valence-corrected chi connectivity index (χ3v) is 4.21. The summed E-state index contributed by atoms with van der Waals surface area (Å²) in [6.07, 6.45) is 0. The van der Waals surface area contributed by atoms with Gasteiger partial charge in [-0.2, -0.15) is 0 Å². The molecule has 0 atom stereocenters. The molecule has 98 valence electrons. The Kier molecular flexibility index (Phi) is 3.67. The molecule has 0 fully saturated rings. The molecule has 1 N–H and O–H groups in total. The molecule has 0 aliphatic rings. The van der Waals surface area contributed by atoms with Gasteiger partial charge in [-0.25, -0.2) is 0 Å². The standard InChI is InChI=1S/C16H18N2S/c1-2-17-11-14-10-13-6-3-4-8-16(13)18(14)12-15-7-5-9-19-15/h3-10,17H,2,11-12H2,1H3. The van der Waals surface area contributed by atoms with Gasteiger partial charge in [0.25, 0.3) is 0 Å². The molecular weight excluding hydrogens is 252 g/mol. The maximum Gasteiger partial charge on any atom is 0.0572 e. The van der Waals surface area contributed by atoms with E-state index in [1.807, 2.05) is 11.3 Å². The zero-order valence-electron chi connectivity index (χ0n) is 11.1. The molecule has 1 aromatic carbocycles. The number of nitrogens with one attached hydrogen (secondary N) is 1. The molecule has 2 heterocycles. The Morgan fingerprint density at radius 1 is 1.16 bits per heavy atom. The maximum absolute atomic E-state index is 3.43. The van der Waals surface area contributed by atoms with Crippen molar-refractivity contribution in [1.82, 2.24) is 9.88 Å². The highest BCUT2D eigenvalue weighted by molar-refractivity contribution is 7.09. The van der Waals surface area contributed by atoms with Gasteiger partial charge in [-0.1, -0.05) is 31.2 Å². The second-order valence-corrected chi connectivity index (χ2v) is 5.67. The number of nitrogens with zero attached hydrogens (tertiary/aromatic N) is 1. The van der Waals surface area contributed by atoms with Crippen LogP contribution in [-0.2, 0) is 13.1 Å². The summed E-state index contributed by atoms with van der Waals surface area (Å²) in [7, 11) is 0. The Labute approximate surface area is 117 Å². The second-order valence-electron chi connectivity index (χ2n) is 4.64. The van der Waals surface area contributed by atoms with Crippen LogP contribution in [0.2, 0.25) is 0 Å². The van der Waals surface area contributed by atoms with E-state index in [9.17, 15) is 0 Å². The van der Waals surface area contributed by atoms with E-state index in [0.29, 0.717) is 0 Å². The number of hydrogen-bond acceptors (Lipinski definition) is 2. The first-order valence-electron chi connectivity index (χ1n) is 6.68. The number of para-hydroxylation sites is 1. The minimum atomic E-state index is 0.927. The van der Waals surface area contributed by atoms with Gasteiger partial charge in [0.2, 0.25) is 0 Å². The fraction of sp³-hybridized carbons (Fsp3) is 0.250. The molecule has 2 nitrogen and oxygen atoms in total. The Bertz CT molecular complexity index is 653. The summed E-state index contributed by atoms with van der Waals surface area (Å²) >= 11 is 1.82. The third kappa shape index (κ3) is 2.57. The van der Waals surface area contributed by atoms with Crippen molar-refractivity contribution in [3.05, 3.63) is 58.4 Å².